The summed E-state index contributed by atoms with van der Waals surface area (Å²) in [6, 6.07) is 8.19. The minimum absolute atomic E-state index is 0.0182. The Morgan fingerprint density at radius 3 is 2.24 bits per heavy atom. The van der Waals surface area contributed by atoms with Gasteiger partial charge in [-0.1, -0.05) is 0 Å². The Balaban J connectivity index is 2.37. The summed E-state index contributed by atoms with van der Waals surface area (Å²) in [6.45, 7) is 8.12. The summed E-state index contributed by atoms with van der Waals surface area (Å²) in [5.74, 6) is 0.0182. The number of rotatable bonds is 9. The maximum Gasteiger partial charge on any atom is 0.239 e. The third-order valence-corrected chi connectivity index (χ3v) is 3.33. The predicted octanol–water partition coefficient (Wildman–Crippen LogP) is 1.62. The summed E-state index contributed by atoms with van der Waals surface area (Å²) in [4.78, 5) is 16.0. The van der Waals surface area contributed by atoms with E-state index in [-0.39, 0.29) is 5.91 Å². The number of hydrogen-bond acceptors (Lipinski definition) is 4. The standard InChI is InChI=1S/C16H28N4O/c1-5-20(6-2)15-9-7-14(8-10-15)18-13-16(21)17-11-12-19(3)4/h7-10,18H,5-6,11-13H2,1-4H3,(H,17,21). The Kier molecular flexibility index (Phi) is 7.61. The fourth-order valence-corrected chi connectivity index (χ4v) is 2.04. The highest BCUT2D eigenvalue weighted by Gasteiger charge is 2.03. The second-order valence-corrected chi connectivity index (χ2v) is 5.23. The lowest BCUT2D eigenvalue weighted by molar-refractivity contribution is -0.119. The first-order valence-electron chi connectivity index (χ1n) is 7.57. The highest BCUT2D eigenvalue weighted by molar-refractivity contribution is 5.80. The number of carbonyl (C=O) groups excluding carboxylic acids is 1. The molecule has 1 amide bonds. The molecule has 118 valence electrons. The number of amides is 1. The van der Waals surface area contributed by atoms with Crippen LogP contribution in [-0.4, -0.2) is 57.6 Å². The molecule has 0 aromatic heterocycles. The number of benzene rings is 1. The van der Waals surface area contributed by atoms with Crippen molar-refractivity contribution in [1.29, 1.82) is 0 Å². The summed E-state index contributed by atoms with van der Waals surface area (Å²) in [5, 5.41) is 6.02. The molecule has 5 nitrogen and oxygen atoms in total. The van der Waals surface area contributed by atoms with Crippen molar-refractivity contribution in [3.8, 4) is 0 Å². The highest BCUT2D eigenvalue weighted by Crippen LogP contribution is 2.17. The first-order valence-corrected chi connectivity index (χ1v) is 7.57. The molecule has 0 aliphatic carbocycles. The molecule has 0 fully saturated rings. The molecule has 0 aliphatic heterocycles. The Morgan fingerprint density at radius 2 is 1.71 bits per heavy atom. The fourth-order valence-electron chi connectivity index (χ4n) is 2.04. The molecule has 0 aliphatic rings. The van der Waals surface area contributed by atoms with Crippen LogP contribution in [0.25, 0.3) is 0 Å². The van der Waals surface area contributed by atoms with Crippen LogP contribution in [0.15, 0.2) is 24.3 Å². The van der Waals surface area contributed by atoms with E-state index in [1.807, 2.05) is 31.1 Å². The van der Waals surface area contributed by atoms with Crippen LogP contribution in [0.1, 0.15) is 13.8 Å². The number of nitrogens with zero attached hydrogens (tertiary/aromatic N) is 2. The Morgan fingerprint density at radius 1 is 1.10 bits per heavy atom. The average molecular weight is 292 g/mol. The van der Waals surface area contributed by atoms with Gasteiger partial charge in [-0.2, -0.15) is 0 Å². The molecular formula is C16H28N4O. The molecule has 0 saturated carbocycles. The third kappa shape index (κ3) is 6.49. The van der Waals surface area contributed by atoms with Crippen LogP contribution in [0.3, 0.4) is 0 Å². The lowest BCUT2D eigenvalue weighted by Gasteiger charge is -2.21. The summed E-state index contributed by atoms with van der Waals surface area (Å²) in [6.07, 6.45) is 0. The van der Waals surface area contributed by atoms with Crippen LogP contribution in [0, 0.1) is 0 Å². The first-order chi connectivity index (χ1) is 10.1. The number of nitrogens with one attached hydrogen (secondary N) is 2. The van der Waals surface area contributed by atoms with Crippen molar-refractivity contribution >= 4 is 17.3 Å². The normalized spacial score (nSPS) is 10.5. The lowest BCUT2D eigenvalue weighted by Crippen LogP contribution is -2.35. The van der Waals surface area contributed by atoms with Gasteiger partial charge in [0.25, 0.3) is 0 Å². The average Bonchev–Trinajstić information content (AvgIpc) is 2.47. The SMILES string of the molecule is CCN(CC)c1ccc(NCC(=O)NCCN(C)C)cc1. The van der Waals surface area contributed by atoms with Gasteiger partial charge in [-0.3, -0.25) is 4.79 Å². The van der Waals surface area contributed by atoms with E-state index in [4.69, 9.17) is 0 Å². The van der Waals surface area contributed by atoms with E-state index in [1.54, 1.807) is 0 Å². The second kappa shape index (κ2) is 9.23. The number of carbonyl (C=O) groups is 1. The molecule has 0 heterocycles. The Hall–Kier alpha value is -1.75. The van der Waals surface area contributed by atoms with Crippen molar-refractivity contribution in [2.45, 2.75) is 13.8 Å². The largest absolute Gasteiger partial charge is 0.376 e. The van der Waals surface area contributed by atoms with E-state index in [9.17, 15) is 4.79 Å². The van der Waals surface area contributed by atoms with E-state index in [2.05, 4.69) is 41.5 Å². The number of anilines is 2. The van der Waals surface area contributed by atoms with Crippen LogP contribution in [0.5, 0.6) is 0 Å². The van der Waals surface area contributed by atoms with Gasteiger partial charge < -0.3 is 20.4 Å². The van der Waals surface area contributed by atoms with Crippen LogP contribution in [0.4, 0.5) is 11.4 Å². The third-order valence-electron chi connectivity index (χ3n) is 3.33. The Labute approximate surface area is 128 Å². The van der Waals surface area contributed by atoms with E-state index in [0.29, 0.717) is 13.1 Å². The molecule has 5 heteroatoms. The smallest absolute Gasteiger partial charge is 0.239 e. The van der Waals surface area contributed by atoms with Crippen LogP contribution in [-0.2, 0) is 4.79 Å². The van der Waals surface area contributed by atoms with Crippen molar-refractivity contribution in [3.63, 3.8) is 0 Å². The van der Waals surface area contributed by atoms with Gasteiger partial charge in [0.15, 0.2) is 0 Å². The van der Waals surface area contributed by atoms with E-state index in [1.165, 1.54) is 5.69 Å². The molecule has 0 saturated heterocycles. The van der Waals surface area contributed by atoms with Crippen molar-refractivity contribution in [2.75, 3.05) is 57.0 Å². The summed E-state index contributed by atoms with van der Waals surface area (Å²) in [7, 11) is 3.98. The lowest BCUT2D eigenvalue weighted by atomic mass is 10.2. The number of likely N-dealkylation sites (N-methyl/N-ethyl adjacent to an activating group) is 1. The molecule has 1 rings (SSSR count). The summed E-state index contributed by atoms with van der Waals surface area (Å²) < 4.78 is 0. The molecule has 1 aromatic carbocycles. The van der Waals surface area contributed by atoms with E-state index >= 15 is 0 Å². The fraction of sp³-hybridized carbons (Fsp3) is 0.562. The maximum atomic E-state index is 11.7. The van der Waals surface area contributed by atoms with Gasteiger partial charge in [-0.25, -0.2) is 0 Å². The molecule has 0 spiro atoms. The van der Waals surface area contributed by atoms with Gasteiger partial charge in [0.2, 0.25) is 5.91 Å². The topological polar surface area (TPSA) is 47.6 Å². The molecule has 0 bridgehead atoms. The van der Waals surface area contributed by atoms with Crippen molar-refractivity contribution < 1.29 is 4.79 Å². The maximum absolute atomic E-state index is 11.7. The monoisotopic (exact) mass is 292 g/mol. The molecule has 21 heavy (non-hydrogen) atoms. The second-order valence-electron chi connectivity index (χ2n) is 5.23. The van der Waals surface area contributed by atoms with Crippen molar-refractivity contribution in [3.05, 3.63) is 24.3 Å². The van der Waals surface area contributed by atoms with Crippen LogP contribution < -0.4 is 15.5 Å². The zero-order valence-electron chi connectivity index (χ0n) is 13.6. The first kappa shape index (κ1) is 17.3. The van der Waals surface area contributed by atoms with Crippen LogP contribution in [0.2, 0.25) is 0 Å². The van der Waals surface area contributed by atoms with Gasteiger partial charge in [0.1, 0.15) is 0 Å². The minimum Gasteiger partial charge on any atom is -0.376 e. The van der Waals surface area contributed by atoms with Gasteiger partial charge in [0.05, 0.1) is 6.54 Å². The van der Waals surface area contributed by atoms with Gasteiger partial charge >= 0.3 is 0 Å². The zero-order chi connectivity index (χ0) is 15.7. The number of hydrogen-bond donors (Lipinski definition) is 2. The van der Waals surface area contributed by atoms with Gasteiger partial charge in [-0.05, 0) is 52.2 Å². The molecule has 2 N–H and O–H groups in total. The van der Waals surface area contributed by atoms with Crippen molar-refractivity contribution in [2.24, 2.45) is 0 Å². The summed E-state index contributed by atoms with van der Waals surface area (Å²) >= 11 is 0. The van der Waals surface area contributed by atoms with Crippen molar-refractivity contribution in [1.82, 2.24) is 10.2 Å². The minimum atomic E-state index is 0.0182. The Bertz CT molecular complexity index is 413. The zero-order valence-corrected chi connectivity index (χ0v) is 13.6. The predicted molar refractivity (Wildman–Crippen MR) is 90.1 cm³/mol. The molecule has 0 radical (unpaired) electrons. The summed E-state index contributed by atoms with van der Waals surface area (Å²) in [5.41, 5.74) is 2.18. The van der Waals surface area contributed by atoms with E-state index < -0.39 is 0 Å². The molecule has 0 unspecified atom stereocenters. The van der Waals surface area contributed by atoms with Gasteiger partial charge in [-0.15, -0.1) is 0 Å². The molecule has 1 aromatic rings. The van der Waals surface area contributed by atoms with Crippen LogP contribution >= 0.6 is 0 Å². The quantitative estimate of drug-likeness (QED) is 0.726. The van der Waals surface area contributed by atoms with Gasteiger partial charge in [0, 0.05) is 37.6 Å². The van der Waals surface area contributed by atoms with E-state index in [0.717, 1.165) is 25.3 Å². The molecular weight excluding hydrogens is 264 g/mol. The molecule has 0 atom stereocenters. The highest BCUT2D eigenvalue weighted by atomic mass is 16.1.